The van der Waals surface area contributed by atoms with Crippen LogP contribution >= 0.6 is 0 Å². The van der Waals surface area contributed by atoms with Gasteiger partial charge in [-0.15, -0.1) is 0 Å². The van der Waals surface area contributed by atoms with Crippen molar-refractivity contribution >= 4 is 23.1 Å². The fourth-order valence-electron chi connectivity index (χ4n) is 2.72. The maximum atomic E-state index is 14.2. The standard InChI is InChI=1S/C19H17FN4O4/c1-25-13-5-3-11(9-15(13)26-2)22-19-21-8-7-16(24-19)23-17-12(20)4-6-14-18(17)28-10-27-14/h3-9H,10H2,1-2H3,(H2,21,22,23,24). The molecule has 28 heavy (non-hydrogen) atoms. The molecule has 0 fully saturated rings. The summed E-state index contributed by atoms with van der Waals surface area (Å²) in [6.07, 6.45) is 1.55. The quantitative estimate of drug-likeness (QED) is 0.663. The van der Waals surface area contributed by atoms with E-state index in [4.69, 9.17) is 18.9 Å². The van der Waals surface area contributed by atoms with Crippen molar-refractivity contribution in [2.24, 2.45) is 0 Å². The fourth-order valence-corrected chi connectivity index (χ4v) is 2.72. The molecule has 144 valence electrons. The number of hydrogen-bond acceptors (Lipinski definition) is 8. The molecule has 8 nitrogen and oxygen atoms in total. The van der Waals surface area contributed by atoms with E-state index in [-0.39, 0.29) is 12.5 Å². The van der Waals surface area contributed by atoms with Gasteiger partial charge >= 0.3 is 0 Å². The normalized spacial score (nSPS) is 11.8. The Bertz CT molecular complexity index is 1020. The number of hydrogen-bond donors (Lipinski definition) is 2. The first-order valence-electron chi connectivity index (χ1n) is 8.35. The van der Waals surface area contributed by atoms with Crippen LogP contribution in [-0.2, 0) is 0 Å². The van der Waals surface area contributed by atoms with Crippen LogP contribution in [0.3, 0.4) is 0 Å². The van der Waals surface area contributed by atoms with Crippen LogP contribution in [0.15, 0.2) is 42.6 Å². The average Bonchev–Trinajstić information content (AvgIpc) is 3.19. The summed E-state index contributed by atoms with van der Waals surface area (Å²) in [5.41, 5.74) is 0.865. The number of aromatic nitrogens is 2. The predicted molar refractivity (Wildman–Crippen MR) is 101 cm³/mol. The second kappa shape index (κ2) is 7.47. The highest BCUT2D eigenvalue weighted by molar-refractivity contribution is 5.70. The second-order valence-electron chi connectivity index (χ2n) is 5.74. The van der Waals surface area contributed by atoms with Crippen molar-refractivity contribution in [1.29, 1.82) is 0 Å². The Morgan fingerprint density at radius 2 is 1.86 bits per heavy atom. The molecule has 0 atom stereocenters. The molecule has 1 aliphatic heterocycles. The van der Waals surface area contributed by atoms with E-state index in [0.29, 0.717) is 40.5 Å². The Hall–Kier alpha value is -3.75. The van der Waals surface area contributed by atoms with Gasteiger partial charge in [0.25, 0.3) is 0 Å². The van der Waals surface area contributed by atoms with Crippen LogP contribution in [0.5, 0.6) is 23.0 Å². The number of nitrogens with one attached hydrogen (secondary N) is 2. The molecule has 0 saturated carbocycles. The molecule has 0 radical (unpaired) electrons. The van der Waals surface area contributed by atoms with Crippen molar-refractivity contribution in [3.05, 3.63) is 48.4 Å². The second-order valence-corrected chi connectivity index (χ2v) is 5.74. The van der Waals surface area contributed by atoms with Crippen molar-refractivity contribution in [3.63, 3.8) is 0 Å². The molecule has 0 saturated heterocycles. The predicted octanol–water partition coefficient (Wildman–Crippen LogP) is 3.85. The summed E-state index contributed by atoms with van der Waals surface area (Å²) < 4.78 is 35.4. The lowest BCUT2D eigenvalue weighted by Crippen LogP contribution is -2.02. The minimum Gasteiger partial charge on any atom is -0.493 e. The Kier molecular flexibility index (Phi) is 4.71. The SMILES string of the molecule is COc1ccc(Nc2nccc(Nc3c(F)ccc4c3OCO4)n2)cc1OC. The maximum absolute atomic E-state index is 14.2. The van der Waals surface area contributed by atoms with Crippen LogP contribution in [-0.4, -0.2) is 31.0 Å². The lowest BCUT2D eigenvalue weighted by Gasteiger charge is -2.12. The first-order valence-corrected chi connectivity index (χ1v) is 8.35. The molecule has 1 aromatic heterocycles. The van der Waals surface area contributed by atoms with E-state index in [1.807, 2.05) is 0 Å². The minimum absolute atomic E-state index is 0.0450. The van der Waals surface area contributed by atoms with Crippen LogP contribution in [0.2, 0.25) is 0 Å². The van der Waals surface area contributed by atoms with Gasteiger partial charge in [-0.3, -0.25) is 0 Å². The Morgan fingerprint density at radius 1 is 1.00 bits per heavy atom. The van der Waals surface area contributed by atoms with Gasteiger partial charge in [0.1, 0.15) is 11.5 Å². The molecular formula is C19H17FN4O4. The van der Waals surface area contributed by atoms with E-state index in [1.165, 1.54) is 12.1 Å². The van der Waals surface area contributed by atoms with Gasteiger partial charge in [-0.2, -0.15) is 4.98 Å². The smallest absolute Gasteiger partial charge is 0.231 e. The van der Waals surface area contributed by atoms with E-state index >= 15 is 0 Å². The molecule has 4 rings (SSSR count). The summed E-state index contributed by atoms with van der Waals surface area (Å²) in [6, 6.07) is 9.78. The van der Waals surface area contributed by atoms with E-state index in [2.05, 4.69) is 20.6 Å². The lowest BCUT2D eigenvalue weighted by molar-refractivity contribution is 0.174. The molecule has 1 aliphatic rings. The number of ether oxygens (including phenoxy) is 4. The van der Waals surface area contributed by atoms with Crippen LogP contribution < -0.4 is 29.6 Å². The molecule has 2 aromatic carbocycles. The molecule has 3 aromatic rings. The summed E-state index contributed by atoms with van der Waals surface area (Å²) >= 11 is 0. The molecule has 0 spiro atoms. The molecule has 9 heteroatoms. The molecule has 2 heterocycles. The third kappa shape index (κ3) is 3.41. The zero-order valence-corrected chi connectivity index (χ0v) is 15.2. The van der Waals surface area contributed by atoms with Crippen LogP contribution in [0, 0.1) is 5.82 Å². The largest absolute Gasteiger partial charge is 0.493 e. The summed E-state index contributed by atoms with van der Waals surface area (Å²) in [4.78, 5) is 8.54. The van der Waals surface area contributed by atoms with Crippen molar-refractivity contribution in [2.45, 2.75) is 0 Å². The number of methoxy groups -OCH3 is 2. The highest BCUT2D eigenvalue weighted by Gasteiger charge is 2.21. The van der Waals surface area contributed by atoms with Gasteiger partial charge in [0.2, 0.25) is 12.7 Å². The average molecular weight is 384 g/mol. The highest BCUT2D eigenvalue weighted by Crippen LogP contribution is 2.41. The lowest BCUT2D eigenvalue weighted by atomic mass is 10.2. The van der Waals surface area contributed by atoms with Gasteiger partial charge in [-0.1, -0.05) is 0 Å². The summed E-state index contributed by atoms with van der Waals surface area (Å²) in [5.74, 6) is 2.20. The Balaban J connectivity index is 1.57. The van der Waals surface area contributed by atoms with Gasteiger partial charge in [0.15, 0.2) is 28.8 Å². The third-order valence-corrected chi connectivity index (χ3v) is 4.04. The first-order chi connectivity index (χ1) is 13.7. The number of fused-ring (bicyclic) bond motifs is 1. The minimum atomic E-state index is -0.475. The van der Waals surface area contributed by atoms with Crippen molar-refractivity contribution < 1.29 is 23.3 Å². The number of nitrogens with zero attached hydrogens (tertiary/aromatic N) is 2. The fraction of sp³-hybridized carbons (Fsp3) is 0.158. The summed E-state index contributed by atoms with van der Waals surface area (Å²) in [7, 11) is 3.12. The number of anilines is 4. The van der Waals surface area contributed by atoms with Crippen LogP contribution in [0.1, 0.15) is 0 Å². The molecule has 0 unspecified atom stereocenters. The molecule has 2 N–H and O–H groups in total. The van der Waals surface area contributed by atoms with Crippen molar-refractivity contribution in [3.8, 4) is 23.0 Å². The van der Waals surface area contributed by atoms with E-state index in [0.717, 1.165) is 0 Å². The van der Waals surface area contributed by atoms with Gasteiger partial charge in [0.05, 0.1) is 14.2 Å². The van der Waals surface area contributed by atoms with E-state index < -0.39 is 5.82 Å². The van der Waals surface area contributed by atoms with Crippen LogP contribution in [0.4, 0.5) is 27.5 Å². The topological polar surface area (TPSA) is 86.8 Å². The molecule has 0 bridgehead atoms. The Morgan fingerprint density at radius 3 is 2.68 bits per heavy atom. The zero-order valence-electron chi connectivity index (χ0n) is 15.2. The van der Waals surface area contributed by atoms with Gasteiger partial charge in [-0.05, 0) is 30.3 Å². The summed E-state index contributed by atoms with van der Waals surface area (Å²) in [6.45, 7) is 0.0450. The highest BCUT2D eigenvalue weighted by atomic mass is 19.1. The van der Waals surface area contributed by atoms with Gasteiger partial charge in [0, 0.05) is 18.0 Å². The van der Waals surface area contributed by atoms with Gasteiger partial charge < -0.3 is 29.6 Å². The zero-order chi connectivity index (χ0) is 19.5. The van der Waals surface area contributed by atoms with Crippen molar-refractivity contribution in [1.82, 2.24) is 9.97 Å². The van der Waals surface area contributed by atoms with E-state index in [9.17, 15) is 4.39 Å². The van der Waals surface area contributed by atoms with E-state index in [1.54, 1.807) is 44.7 Å². The summed E-state index contributed by atoms with van der Waals surface area (Å²) in [5, 5.41) is 6.00. The molecule has 0 amide bonds. The first kappa shape index (κ1) is 17.7. The Labute approximate surface area is 160 Å². The van der Waals surface area contributed by atoms with Gasteiger partial charge in [-0.25, -0.2) is 9.37 Å². The third-order valence-electron chi connectivity index (χ3n) is 4.04. The number of rotatable bonds is 6. The monoisotopic (exact) mass is 384 g/mol. The number of halogens is 1. The molecule has 0 aliphatic carbocycles. The molecular weight excluding hydrogens is 367 g/mol. The number of benzene rings is 2. The van der Waals surface area contributed by atoms with Crippen molar-refractivity contribution in [2.75, 3.05) is 31.6 Å². The van der Waals surface area contributed by atoms with Crippen LogP contribution in [0.25, 0.3) is 0 Å². The maximum Gasteiger partial charge on any atom is 0.231 e.